The van der Waals surface area contributed by atoms with Crippen LogP contribution in [0, 0.1) is 0 Å². The molecule has 1 aromatic carbocycles. The highest BCUT2D eigenvalue weighted by atomic mass is 127. The van der Waals surface area contributed by atoms with Gasteiger partial charge in [0.15, 0.2) is 5.96 Å². The summed E-state index contributed by atoms with van der Waals surface area (Å²) >= 11 is 0. The number of hydrogen-bond donors (Lipinski definition) is 2. The van der Waals surface area contributed by atoms with Crippen molar-refractivity contribution in [2.45, 2.75) is 19.8 Å². The topological polar surface area (TPSA) is 73.8 Å². The zero-order chi connectivity index (χ0) is 18.1. The molecule has 0 saturated carbocycles. The average Bonchev–Trinajstić information content (AvgIpc) is 2.65. The minimum absolute atomic E-state index is 0. The van der Waals surface area contributed by atoms with Crippen molar-refractivity contribution < 1.29 is 8.42 Å². The lowest BCUT2D eigenvalue weighted by Crippen LogP contribution is -2.44. The Morgan fingerprint density at radius 2 is 1.96 bits per heavy atom. The van der Waals surface area contributed by atoms with Crippen molar-refractivity contribution in [2.75, 3.05) is 39.0 Å². The molecular weight excluding hydrogens is 463 g/mol. The third-order valence-corrected chi connectivity index (χ3v) is 5.61. The van der Waals surface area contributed by atoms with Crippen molar-refractivity contribution in [3.05, 3.63) is 42.0 Å². The Morgan fingerprint density at radius 3 is 2.54 bits per heavy atom. The Bertz CT molecular complexity index is 705. The summed E-state index contributed by atoms with van der Waals surface area (Å²) in [4.78, 5) is 6.55. The van der Waals surface area contributed by atoms with Gasteiger partial charge in [-0.3, -0.25) is 4.99 Å². The molecule has 6 nitrogen and oxygen atoms in total. The van der Waals surface area contributed by atoms with E-state index in [1.54, 1.807) is 14.0 Å². The summed E-state index contributed by atoms with van der Waals surface area (Å²) in [7, 11) is -1.33. The molecule has 26 heavy (non-hydrogen) atoms. The van der Waals surface area contributed by atoms with Gasteiger partial charge in [-0.15, -0.1) is 24.0 Å². The first kappa shape index (κ1) is 22.9. The van der Waals surface area contributed by atoms with E-state index in [1.165, 1.54) is 11.1 Å². The number of hydrogen-bond acceptors (Lipinski definition) is 3. The minimum Gasteiger partial charge on any atom is -0.356 e. The summed E-state index contributed by atoms with van der Waals surface area (Å²) < 4.78 is 25.3. The Labute approximate surface area is 174 Å². The van der Waals surface area contributed by atoms with Crippen molar-refractivity contribution in [3.63, 3.8) is 0 Å². The van der Waals surface area contributed by atoms with Crippen molar-refractivity contribution in [3.8, 4) is 0 Å². The van der Waals surface area contributed by atoms with Crippen LogP contribution < -0.4 is 10.0 Å². The summed E-state index contributed by atoms with van der Waals surface area (Å²) in [6, 6.07) is 10.5. The van der Waals surface area contributed by atoms with E-state index in [4.69, 9.17) is 0 Å². The molecule has 0 saturated heterocycles. The lowest BCUT2D eigenvalue weighted by Gasteiger charge is -2.29. The van der Waals surface area contributed by atoms with Gasteiger partial charge in [-0.25, -0.2) is 13.1 Å². The third kappa shape index (κ3) is 7.24. The van der Waals surface area contributed by atoms with Gasteiger partial charge >= 0.3 is 0 Å². The molecule has 0 aliphatic carbocycles. The Morgan fingerprint density at radius 1 is 1.23 bits per heavy atom. The first-order valence-electron chi connectivity index (χ1n) is 8.73. The van der Waals surface area contributed by atoms with E-state index in [2.05, 4.69) is 50.3 Å². The van der Waals surface area contributed by atoms with E-state index in [9.17, 15) is 8.42 Å². The Hall–Kier alpha value is -1.13. The largest absolute Gasteiger partial charge is 0.356 e. The molecule has 0 bridgehead atoms. The van der Waals surface area contributed by atoms with E-state index in [1.807, 2.05) is 6.07 Å². The number of halogens is 1. The predicted molar refractivity (Wildman–Crippen MR) is 119 cm³/mol. The van der Waals surface area contributed by atoms with Gasteiger partial charge in [0, 0.05) is 33.2 Å². The molecular formula is C18H29IN4O2S. The molecule has 0 fully saturated rings. The summed E-state index contributed by atoms with van der Waals surface area (Å²) in [6.07, 6.45) is 3.96. The highest BCUT2D eigenvalue weighted by molar-refractivity contribution is 14.0. The van der Waals surface area contributed by atoms with Gasteiger partial charge in [0.05, 0.1) is 5.75 Å². The highest BCUT2D eigenvalue weighted by Crippen LogP contribution is 2.21. The second-order valence-corrected chi connectivity index (χ2v) is 8.01. The summed E-state index contributed by atoms with van der Waals surface area (Å²) in [5, 5.41) is 3.31. The molecule has 0 unspecified atom stereocenters. The van der Waals surface area contributed by atoms with Crippen LogP contribution in [0.15, 0.2) is 41.4 Å². The molecule has 1 aliphatic heterocycles. The van der Waals surface area contributed by atoms with Gasteiger partial charge < -0.3 is 10.2 Å². The van der Waals surface area contributed by atoms with Crippen LogP contribution in [0.3, 0.4) is 0 Å². The first-order valence-corrected chi connectivity index (χ1v) is 10.4. The van der Waals surface area contributed by atoms with E-state index in [-0.39, 0.29) is 29.7 Å². The lowest BCUT2D eigenvalue weighted by molar-refractivity contribution is 0.439. The van der Waals surface area contributed by atoms with E-state index in [0.29, 0.717) is 13.1 Å². The van der Waals surface area contributed by atoms with Crippen LogP contribution >= 0.6 is 24.0 Å². The van der Waals surface area contributed by atoms with Crippen LogP contribution in [0.1, 0.15) is 25.3 Å². The van der Waals surface area contributed by atoms with Crippen LogP contribution in [0.25, 0.3) is 5.57 Å². The monoisotopic (exact) mass is 492 g/mol. The SMILES string of the molecule is CCS(=O)(=O)NCCCNC(=NC)N1CC=C(c2ccccc2)CC1.I. The number of nitrogens with one attached hydrogen (secondary N) is 2. The molecule has 0 amide bonds. The fourth-order valence-corrected chi connectivity index (χ4v) is 3.39. The fourth-order valence-electron chi connectivity index (χ4n) is 2.73. The average molecular weight is 492 g/mol. The quantitative estimate of drug-likeness (QED) is 0.265. The third-order valence-electron chi connectivity index (χ3n) is 4.20. The normalized spacial score (nSPS) is 15.2. The molecule has 8 heteroatoms. The van der Waals surface area contributed by atoms with E-state index >= 15 is 0 Å². The van der Waals surface area contributed by atoms with Crippen molar-refractivity contribution in [1.29, 1.82) is 0 Å². The highest BCUT2D eigenvalue weighted by Gasteiger charge is 2.15. The van der Waals surface area contributed by atoms with Gasteiger partial charge in [0.25, 0.3) is 0 Å². The fraction of sp³-hybridized carbons (Fsp3) is 0.500. The number of nitrogens with zero attached hydrogens (tertiary/aromatic N) is 2. The van der Waals surface area contributed by atoms with Gasteiger partial charge in [-0.05, 0) is 30.9 Å². The number of aliphatic imine (C=N–C) groups is 1. The zero-order valence-electron chi connectivity index (χ0n) is 15.4. The summed E-state index contributed by atoms with van der Waals surface area (Å²) in [5.74, 6) is 0.980. The van der Waals surface area contributed by atoms with Crippen LogP contribution in [0.5, 0.6) is 0 Å². The Balaban J connectivity index is 0.00000338. The number of guanidine groups is 1. The van der Waals surface area contributed by atoms with Crippen LogP contribution in [-0.4, -0.2) is 58.3 Å². The molecule has 0 atom stereocenters. The van der Waals surface area contributed by atoms with Crippen LogP contribution in [-0.2, 0) is 10.0 Å². The van der Waals surface area contributed by atoms with Gasteiger partial charge in [0.1, 0.15) is 0 Å². The standard InChI is InChI=1S/C18H28N4O2S.HI/c1-3-25(23,24)21-13-7-12-20-18(19-2)22-14-10-17(11-15-22)16-8-5-4-6-9-16;/h4-6,8-10,21H,3,7,11-15H2,1-2H3,(H,19,20);1H. The molecule has 2 N–H and O–H groups in total. The summed E-state index contributed by atoms with van der Waals surface area (Å²) in [5.41, 5.74) is 2.66. The molecule has 1 aliphatic rings. The molecule has 0 aromatic heterocycles. The van der Waals surface area contributed by atoms with E-state index < -0.39 is 10.0 Å². The first-order chi connectivity index (χ1) is 12.1. The molecule has 1 aromatic rings. The van der Waals surface area contributed by atoms with Crippen molar-refractivity contribution >= 4 is 45.5 Å². The second kappa shape index (κ2) is 11.6. The second-order valence-electron chi connectivity index (χ2n) is 5.92. The number of benzene rings is 1. The molecule has 146 valence electrons. The lowest BCUT2D eigenvalue weighted by atomic mass is 10.00. The number of rotatable bonds is 7. The van der Waals surface area contributed by atoms with Gasteiger partial charge in [0.2, 0.25) is 10.0 Å². The molecule has 1 heterocycles. The predicted octanol–water partition coefficient (Wildman–Crippen LogP) is 2.30. The molecule has 0 spiro atoms. The minimum atomic E-state index is -3.10. The van der Waals surface area contributed by atoms with E-state index in [0.717, 1.165) is 31.9 Å². The molecule has 0 radical (unpaired) electrons. The smallest absolute Gasteiger partial charge is 0.211 e. The Kier molecular flexibility index (Phi) is 10.2. The van der Waals surface area contributed by atoms with Crippen molar-refractivity contribution in [1.82, 2.24) is 14.9 Å². The zero-order valence-corrected chi connectivity index (χ0v) is 18.6. The summed E-state index contributed by atoms with van der Waals surface area (Å²) in [6.45, 7) is 4.51. The molecule has 2 rings (SSSR count). The maximum atomic E-state index is 11.4. The van der Waals surface area contributed by atoms with Gasteiger partial charge in [-0.1, -0.05) is 36.4 Å². The maximum absolute atomic E-state index is 11.4. The van der Waals surface area contributed by atoms with Crippen LogP contribution in [0.2, 0.25) is 0 Å². The number of sulfonamides is 1. The van der Waals surface area contributed by atoms with Crippen molar-refractivity contribution in [2.24, 2.45) is 4.99 Å². The maximum Gasteiger partial charge on any atom is 0.211 e. The van der Waals surface area contributed by atoms with Gasteiger partial charge in [-0.2, -0.15) is 0 Å². The van der Waals surface area contributed by atoms with Crippen LogP contribution in [0.4, 0.5) is 0 Å².